The van der Waals surface area contributed by atoms with Crippen LogP contribution in [0.15, 0.2) is 12.3 Å². The fourth-order valence-corrected chi connectivity index (χ4v) is 3.16. The molecule has 6 heteroatoms. The minimum Gasteiger partial charge on any atom is -0.478 e. The summed E-state index contributed by atoms with van der Waals surface area (Å²) in [7, 11) is 0. The summed E-state index contributed by atoms with van der Waals surface area (Å²) in [5.41, 5.74) is 1.29. The number of anilines is 1. The Labute approximate surface area is 118 Å². The minimum atomic E-state index is -0.897. The molecule has 0 amide bonds. The summed E-state index contributed by atoms with van der Waals surface area (Å²) in [4.78, 5) is 17.9. The molecule has 0 aliphatic carbocycles. The van der Waals surface area contributed by atoms with Crippen LogP contribution in [0, 0.1) is 6.92 Å². The van der Waals surface area contributed by atoms with Gasteiger partial charge in [-0.1, -0.05) is 0 Å². The van der Waals surface area contributed by atoms with Gasteiger partial charge < -0.3 is 15.3 Å². The fourth-order valence-electron chi connectivity index (χ4n) is 3.16. The number of aromatic carboxylic acids is 1. The quantitative estimate of drug-likeness (QED) is 0.733. The Kier molecular flexibility index (Phi) is 3.35. The van der Waals surface area contributed by atoms with Gasteiger partial charge in [0.05, 0.1) is 0 Å². The van der Waals surface area contributed by atoms with E-state index in [9.17, 15) is 9.90 Å². The van der Waals surface area contributed by atoms with E-state index in [0.29, 0.717) is 11.4 Å². The predicted molar refractivity (Wildman–Crippen MR) is 76.1 cm³/mol. The van der Waals surface area contributed by atoms with Crippen LogP contribution in [0.2, 0.25) is 0 Å². The second-order valence-electron chi connectivity index (χ2n) is 5.68. The lowest BCUT2D eigenvalue weighted by molar-refractivity contribution is 0.0696. The van der Waals surface area contributed by atoms with Gasteiger partial charge in [0.15, 0.2) is 0 Å². The van der Waals surface area contributed by atoms with Crippen LogP contribution in [0.4, 0.5) is 5.82 Å². The van der Waals surface area contributed by atoms with Gasteiger partial charge in [-0.25, -0.2) is 9.78 Å². The van der Waals surface area contributed by atoms with E-state index < -0.39 is 5.97 Å². The van der Waals surface area contributed by atoms with Crippen LogP contribution >= 0.6 is 0 Å². The van der Waals surface area contributed by atoms with E-state index in [2.05, 4.69) is 20.5 Å². The van der Waals surface area contributed by atoms with E-state index in [4.69, 9.17) is 0 Å². The molecular formula is C14H20N4O2. The number of pyridine rings is 1. The van der Waals surface area contributed by atoms with Gasteiger partial charge in [-0.05, 0) is 31.4 Å². The number of aromatic nitrogens is 1. The lowest BCUT2D eigenvalue weighted by atomic mass is 9.88. The van der Waals surface area contributed by atoms with Crippen molar-refractivity contribution in [1.82, 2.24) is 15.6 Å². The normalized spacial score (nSPS) is 21.4. The molecule has 0 bridgehead atoms. The third-order valence-corrected chi connectivity index (χ3v) is 4.43. The average molecular weight is 276 g/mol. The molecule has 3 heterocycles. The van der Waals surface area contributed by atoms with Crippen LogP contribution in [0.25, 0.3) is 0 Å². The Morgan fingerprint density at radius 2 is 2.20 bits per heavy atom. The van der Waals surface area contributed by atoms with E-state index >= 15 is 0 Å². The maximum absolute atomic E-state index is 11.4. The molecule has 2 fully saturated rings. The van der Waals surface area contributed by atoms with Gasteiger partial charge >= 0.3 is 5.97 Å². The highest BCUT2D eigenvalue weighted by Crippen LogP contribution is 2.29. The van der Waals surface area contributed by atoms with E-state index in [1.165, 1.54) is 0 Å². The zero-order valence-corrected chi connectivity index (χ0v) is 11.6. The van der Waals surface area contributed by atoms with Crippen LogP contribution in [0.1, 0.15) is 28.8 Å². The zero-order valence-electron chi connectivity index (χ0n) is 11.6. The van der Waals surface area contributed by atoms with Crippen molar-refractivity contribution in [3.8, 4) is 0 Å². The number of hydrogen-bond donors (Lipinski definition) is 3. The maximum Gasteiger partial charge on any atom is 0.339 e. The molecular weight excluding hydrogens is 256 g/mol. The van der Waals surface area contributed by atoms with Crippen molar-refractivity contribution in [2.24, 2.45) is 0 Å². The number of nitrogens with zero attached hydrogens (tertiary/aromatic N) is 2. The minimum absolute atomic E-state index is 0.184. The third kappa shape index (κ3) is 2.25. The van der Waals surface area contributed by atoms with E-state index in [1.54, 1.807) is 12.3 Å². The van der Waals surface area contributed by atoms with Crippen molar-refractivity contribution >= 4 is 11.8 Å². The lowest BCUT2D eigenvalue weighted by Gasteiger charge is -2.40. The number of nitrogens with one attached hydrogen (secondary N) is 2. The van der Waals surface area contributed by atoms with Crippen LogP contribution < -0.4 is 15.5 Å². The number of hydrogen-bond acceptors (Lipinski definition) is 5. The van der Waals surface area contributed by atoms with Crippen molar-refractivity contribution in [3.05, 3.63) is 23.4 Å². The first-order valence-electron chi connectivity index (χ1n) is 7.01. The molecule has 2 aliphatic rings. The number of rotatable bonds is 2. The predicted octanol–water partition coefficient (Wildman–Crippen LogP) is 0.578. The molecule has 20 heavy (non-hydrogen) atoms. The van der Waals surface area contributed by atoms with Gasteiger partial charge in [-0.2, -0.15) is 0 Å². The van der Waals surface area contributed by atoms with Crippen molar-refractivity contribution in [3.63, 3.8) is 0 Å². The van der Waals surface area contributed by atoms with Gasteiger partial charge in [-0.3, -0.25) is 5.32 Å². The van der Waals surface area contributed by atoms with Gasteiger partial charge in [0.1, 0.15) is 11.4 Å². The summed E-state index contributed by atoms with van der Waals surface area (Å²) in [6.45, 7) is 5.36. The molecule has 0 radical (unpaired) electrons. The first kappa shape index (κ1) is 13.3. The molecule has 2 aliphatic heterocycles. The smallest absolute Gasteiger partial charge is 0.339 e. The summed E-state index contributed by atoms with van der Waals surface area (Å²) in [5, 5.41) is 16.2. The number of carboxylic acids is 1. The van der Waals surface area contributed by atoms with Gasteiger partial charge in [0, 0.05) is 38.0 Å². The van der Waals surface area contributed by atoms with Crippen LogP contribution in [0.3, 0.4) is 0 Å². The molecule has 0 aromatic carbocycles. The molecule has 1 aromatic rings. The second kappa shape index (κ2) is 5.03. The van der Waals surface area contributed by atoms with E-state index in [0.717, 1.165) is 44.7 Å². The van der Waals surface area contributed by atoms with Gasteiger partial charge in [0.2, 0.25) is 0 Å². The first-order chi connectivity index (χ1) is 9.61. The molecule has 2 saturated heterocycles. The van der Waals surface area contributed by atoms with Crippen molar-refractivity contribution in [2.75, 3.05) is 31.2 Å². The van der Waals surface area contributed by atoms with E-state index in [-0.39, 0.29) is 5.54 Å². The van der Waals surface area contributed by atoms with Crippen LogP contribution in [-0.2, 0) is 0 Å². The molecule has 3 N–H and O–H groups in total. The third-order valence-electron chi connectivity index (χ3n) is 4.43. The maximum atomic E-state index is 11.4. The summed E-state index contributed by atoms with van der Waals surface area (Å²) < 4.78 is 0. The van der Waals surface area contributed by atoms with Gasteiger partial charge in [0.25, 0.3) is 0 Å². The summed E-state index contributed by atoms with van der Waals surface area (Å²) in [5.74, 6) is -0.287. The highest BCUT2D eigenvalue weighted by atomic mass is 16.4. The summed E-state index contributed by atoms with van der Waals surface area (Å²) in [6.07, 6.45) is 3.71. The number of aryl methyl sites for hydroxylation is 1. The summed E-state index contributed by atoms with van der Waals surface area (Å²) >= 11 is 0. The second-order valence-corrected chi connectivity index (χ2v) is 5.68. The Hall–Kier alpha value is -1.66. The Morgan fingerprint density at radius 3 is 2.80 bits per heavy atom. The molecule has 0 atom stereocenters. The molecule has 0 saturated carbocycles. The lowest BCUT2D eigenvalue weighted by Crippen LogP contribution is -2.52. The largest absolute Gasteiger partial charge is 0.478 e. The Bertz CT molecular complexity index is 516. The van der Waals surface area contributed by atoms with Gasteiger partial charge in [-0.15, -0.1) is 0 Å². The first-order valence-corrected chi connectivity index (χ1v) is 7.01. The highest BCUT2D eigenvalue weighted by Gasteiger charge is 2.37. The number of carbonyl (C=O) groups is 1. The number of piperidine rings is 1. The number of carboxylic acid groups (broad SMARTS) is 1. The molecule has 6 nitrogen and oxygen atoms in total. The summed E-state index contributed by atoms with van der Waals surface area (Å²) in [6, 6.07) is 1.75. The highest BCUT2D eigenvalue weighted by molar-refractivity contribution is 5.95. The molecule has 3 rings (SSSR count). The fraction of sp³-hybridized carbons (Fsp3) is 0.571. The van der Waals surface area contributed by atoms with E-state index in [1.807, 2.05) is 6.92 Å². The van der Waals surface area contributed by atoms with Crippen LogP contribution in [-0.4, -0.2) is 47.9 Å². The molecule has 1 aromatic heterocycles. The topological polar surface area (TPSA) is 77.5 Å². The Balaban J connectivity index is 1.81. The van der Waals surface area contributed by atoms with Crippen molar-refractivity contribution in [1.29, 1.82) is 0 Å². The Morgan fingerprint density at radius 1 is 1.45 bits per heavy atom. The van der Waals surface area contributed by atoms with Crippen LogP contribution in [0.5, 0.6) is 0 Å². The zero-order chi connectivity index (χ0) is 14.2. The molecule has 108 valence electrons. The standard InChI is InChI=1S/C14H20N4O2/c1-10-2-5-16-12(11(10)13(19)20)18-6-3-14(4-7-18)8-15-9-17-14/h2,5,15,17H,3-4,6-9H2,1H3,(H,19,20). The van der Waals surface area contributed by atoms with Crippen molar-refractivity contribution in [2.45, 2.75) is 25.3 Å². The SMILES string of the molecule is Cc1ccnc(N2CCC3(CC2)CNCN3)c1C(=O)O. The molecule has 1 spiro atoms. The monoisotopic (exact) mass is 276 g/mol. The average Bonchev–Trinajstić information content (AvgIpc) is 2.87. The van der Waals surface area contributed by atoms with Crippen molar-refractivity contribution < 1.29 is 9.90 Å². The molecule has 0 unspecified atom stereocenters.